The molecule has 2 N–H and O–H groups in total. The summed E-state index contributed by atoms with van der Waals surface area (Å²) < 4.78 is 35.5. The van der Waals surface area contributed by atoms with Crippen molar-refractivity contribution >= 4 is 12.1 Å². The predicted octanol–water partition coefficient (Wildman–Crippen LogP) is 1.04. The highest BCUT2D eigenvalue weighted by Crippen LogP contribution is 2.11. The second-order valence-corrected chi connectivity index (χ2v) is 2.67. The number of carbonyl (C=O) groups is 1. The topological polar surface area (TPSA) is 53.5 Å². The van der Waals surface area contributed by atoms with Gasteiger partial charge in [0.1, 0.15) is 0 Å². The molecule has 0 bridgehead atoms. The van der Waals surface area contributed by atoms with E-state index in [2.05, 4.69) is 15.8 Å². The number of nitrogens with zero attached hydrogens (tertiary/aromatic N) is 1. The lowest BCUT2D eigenvalue weighted by molar-refractivity contribution is -0.116. The van der Waals surface area contributed by atoms with Crippen LogP contribution in [0.4, 0.5) is 13.2 Å². The van der Waals surface area contributed by atoms with Crippen LogP contribution in [0.3, 0.4) is 0 Å². The molecule has 0 saturated carbocycles. The van der Waals surface area contributed by atoms with E-state index in [-0.39, 0.29) is 12.1 Å². The molecule has 7 heteroatoms. The highest BCUT2D eigenvalue weighted by molar-refractivity contribution is 6.15. The van der Waals surface area contributed by atoms with Gasteiger partial charge in [-0.15, -0.1) is 0 Å². The van der Waals surface area contributed by atoms with Crippen LogP contribution in [0, 0.1) is 0 Å². The maximum Gasteiger partial charge on any atom is 0.301 e. The molecule has 0 aliphatic carbocycles. The van der Waals surface area contributed by atoms with Crippen LogP contribution in [-0.4, -0.2) is 18.7 Å². The van der Waals surface area contributed by atoms with E-state index in [0.717, 1.165) is 0 Å². The van der Waals surface area contributed by atoms with E-state index in [1.807, 2.05) is 0 Å². The summed E-state index contributed by atoms with van der Waals surface area (Å²) in [6.07, 6.45) is -0.179. The minimum Gasteiger partial charge on any atom is -0.390 e. The van der Waals surface area contributed by atoms with Crippen molar-refractivity contribution in [2.75, 3.05) is 6.54 Å². The van der Waals surface area contributed by atoms with Crippen LogP contribution < -0.4 is 10.7 Å². The minimum atomic E-state index is -2.32. The van der Waals surface area contributed by atoms with Crippen molar-refractivity contribution in [1.29, 1.82) is 0 Å². The van der Waals surface area contributed by atoms with Gasteiger partial charge in [0.25, 0.3) is 5.91 Å². The van der Waals surface area contributed by atoms with E-state index in [9.17, 15) is 18.0 Å². The first kappa shape index (κ1) is 11.3. The largest absolute Gasteiger partial charge is 0.390 e. The average molecular weight is 219 g/mol. The Balaban J connectivity index is 2.31. The Morgan fingerprint density at radius 3 is 2.80 bits per heavy atom. The molecule has 15 heavy (non-hydrogen) atoms. The van der Waals surface area contributed by atoms with Crippen LogP contribution in [0.15, 0.2) is 28.8 Å². The zero-order chi connectivity index (χ0) is 11.3. The van der Waals surface area contributed by atoms with Crippen molar-refractivity contribution in [3.05, 3.63) is 23.7 Å². The third kappa shape index (κ3) is 3.45. The molecule has 1 aliphatic heterocycles. The van der Waals surface area contributed by atoms with Gasteiger partial charge < -0.3 is 5.32 Å². The molecule has 0 atom stereocenters. The molecule has 0 fully saturated rings. The average Bonchev–Trinajstić information content (AvgIpc) is 2.58. The highest BCUT2D eigenvalue weighted by Gasteiger charge is 2.11. The van der Waals surface area contributed by atoms with Crippen molar-refractivity contribution in [3.63, 3.8) is 0 Å². The molecule has 0 aromatic carbocycles. The fourth-order valence-corrected chi connectivity index (χ4v) is 0.845. The number of rotatable bonds is 4. The maximum atomic E-state index is 12.3. The van der Waals surface area contributed by atoms with E-state index in [4.69, 9.17) is 0 Å². The van der Waals surface area contributed by atoms with Crippen molar-refractivity contribution in [2.24, 2.45) is 5.10 Å². The van der Waals surface area contributed by atoms with Gasteiger partial charge in [-0.05, 0) is 0 Å². The van der Waals surface area contributed by atoms with Crippen LogP contribution >= 0.6 is 0 Å². The first-order valence-corrected chi connectivity index (χ1v) is 4.08. The predicted molar refractivity (Wildman–Crippen MR) is 47.7 cm³/mol. The van der Waals surface area contributed by atoms with Gasteiger partial charge >= 0.3 is 6.08 Å². The monoisotopic (exact) mass is 219 g/mol. The third-order valence-electron chi connectivity index (χ3n) is 1.58. The number of carbonyl (C=O) groups excluding carboxylic acids is 1. The first-order chi connectivity index (χ1) is 7.11. The quantitative estimate of drug-likeness (QED) is 0.548. The fraction of sp³-hybridized carbons (Fsp3) is 0.250. The van der Waals surface area contributed by atoms with Gasteiger partial charge in [-0.3, -0.25) is 4.79 Å². The molecule has 0 radical (unpaired) electrons. The SMILES string of the molecule is O=C1NN=CC1=CNCCC(F)=C(F)F. The number of halogens is 3. The number of hydrogen-bond acceptors (Lipinski definition) is 3. The molecule has 0 unspecified atom stereocenters. The van der Waals surface area contributed by atoms with Crippen LogP contribution in [0.25, 0.3) is 0 Å². The molecule has 1 aliphatic rings. The molecule has 82 valence electrons. The van der Waals surface area contributed by atoms with Gasteiger partial charge in [-0.25, -0.2) is 9.82 Å². The maximum absolute atomic E-state index is 12.3. The first-order valence-electron chi connectivity index (χ1n) is 4.08. The Bertz CT molecular complexity index is 345. The third-order valence-corrected chi connectivity index (χ3v) is 1.58. The molecule has 4 nitrogen and oxygen atoms in total. The highest BCUT2D eigenvalue weighted by atomic mass is 19.3. The Morgan fingerprint density at radius 1 is 1.53 bits per heavy atom. The van der Waals surface area contributed by atoms with E-state index < -0.39 is 24.2 Å². The Kier molecular flexibility index (Phi) is 3.90. The van der Waals surface area contributed by atoms with Crippen molar-refractivity contribution < 1.29 is 18.0 Å². The summed E-state index contributed by atoms with van der Waals surface area (Å²) in [7, 11) is 0. The summed E-state index contributed by atoms with van der Waals surface area (Å²) in [6.45, 7) is -0.0200. The van der Waals surface area contributed by atoms with Crippen LogP contribution in [0.1, 0.15) is 6.42 Å². The Morgan fingerprint density at radius 2 is 2.27 bits per heavy atom. The zero-order valence-corrected chi connectivity index (χ0v) is 7.56. The lowest BCUT2D eigenvalue weighted by Crippen LogP contribution is -2.15. The van der Waals surface area contributed by atoms with E-state index in [1.54, 1.807) is 0 Å². The second kappa shape index (κ2) is 5.18. The summed E-state index contributed by atoms with van der Waals surface area (Å²) >= 11 is 0. The molecular formula is C8H8F3N3O. The van der Waals surface area contributed by atoms with Crippen molar-refractivity contribution in [2.45, 2.75) is 6.42 Å². The van der Waals surface area contributed by atoms with E-state index >= 15 is 0 Å². The van der Waals surface area contributed by atoms with Crippen molar-refractivity contribution in [3.8, 4) is 0 Å². The minimum absolute atomic E-state index is 0.0200. The van der Waals surface area contributed by atoms with Gasteiger partial charge in [0.15, 0.2) is 5.83 Å². The molecular weight excluding hydrogens is 211 g/mol. The molecule has 1 heterocycles. The molecule has 1 amide bonds. The molecule has 1 rings (SSSR count). The van der Waals surface area contributed by atoms with Gasteiger partial charge in [0.05, 0.1) is 11.8 Å². The number of hydrogen-bond donors (Lipinski definition) is 2. The smallest absolute Gasteiger partial charge is 0.301 e. The van der Waals surface area contributed by atoms with Gasteiger partial charge in [-0.1, -0.05) is 0 Å². The van der Waals surface area contributed by atoms with Gasteiger partial charge in [-0.2, -0.15) is 13.9 Å². The van der Waals surface area contributed by atoms with Crippen LogP contribution in [-0.2, 0) is 4.79 Å². The van der Waals surface area contributed by atoms with Gasteiger partial charge in [0, 0.05) is 19.2 Å². The number of nitrogens with one attached hydrogen (secondary N) is 2. The zero-order valence-electron chi connectivity index (χ0n) is 7.56. The standard InChI is InChI=1S/C8H8F3N3O/c9-6(7(10)11)1-2-12-3-5-4-13-14-8(5)15/h3-4,12H,1-2H2,(H,14,15). The molecule has 0 aromatic rings. The lowest BCUT2D eigenvalue weighted by atomic mass is 10.3. The van der Waals surface area contributed by atoms with Crippen molar-refractivity contribution in [1.82, 2.24) is 10.7 Å². The summed E-state index contributed by atoms with van der Waals surface area (Å²) in [5, 5.41) is 5.97. The van der Waals surface area contributed by atoms with Crippen LogP contribution in [0.2, 0.25) is 0 Å². The molecule has 0 aromatic heterocycles. The Hall–Kier alpha value is -1.79. The lowest BCUT2D eigenvalue weighted by Gasteiger charge is -1.98. The van der Waals surface area contributed by atoms with Crippen LogP contribution in [0.5, 0.6) is 0 Å². The second-order valence-electron chi connectivity index (χ2n) is 2.67. The van der Waals surface area contributed by atoms with Gasteiger partial charge in [0.2, 0.25) is 0 Å². The normalized spacial score (nSPS) is 16.7. The Labute approximate surface area is 83.5 Å². The summed E-state index contributed by atoms with van der Waals surface area (Å²) in [4.78, 5) is 10.9. The molecule has 0 spiro atoms. The summed E-state index contributed by atoms with van der Waals surface area (Å²) in [6, 6.07) is 0. The summed E-state index contributed by atoms with van der Waals surface area (Å²) in [5.74, 6) is -1.85. The van der Waals surface area contributed by atoms with E-state index in [1.165, 1.54) is 12.4 Å². The number of hydrazone groups is 1. The molecule has 0 saturated heterocycles. The fourth-order valence-electron chi connectivity index (χ4n) is 0.845. The number of amides is 1. The summed E-state index contributed by atoms with van der Waals surface area (Å²) in [5.41, 5.74) is 2.42. The van der Waals surface area contributed by atoms with E-state index in [0.29, 0.717) is 0 Å².